The van der Waals surface area contributed by atoms with Crippen LogP contribution < -0.4 is 0 Å². The summed E-state index contributed by atoms with van der Waals surface area (Å²) in [5.74, 6) is 0.248. The lowest BCUT2D eigenvalue weighted by atomic mass is 10.4. The van der Waals surface area contributed by atoms with Crippen molar-refractivity contribution in [1.29, 1.82) is 0 Å². The summed E-state index contributed by atoms with van der Waals surface area (Å²) in [6.07, 6.45) is 0. The first-order valence-corrected chi connectivity index (χ1v) is 5.41. The Kier molecular flexibility index (Phi) is 4.16. The average molecular weight is 233 g/mol. The number of thioether (sulfide) groups is 1. The van der Waals surface area contributed by atoms with Crippen molar-refractivity contribution in [3.05, 3.63) is 22.7 Å². The largest absolute Gasteiger partial charge is 0.481 e. The van der Waals surface area contributed by atoms with Gasteiger partial charge in [-0.05, 0) is 13.0 Å². The van der Waals surface area contributed by atoms with Crippen molar-refractivity contribution in [1.82, 2.24) is 9.97 Å². The number of carboxylic acid groups (broad SMARTS) is 1. The van der Waals surface area contributed by atoms with Gasteiger partial charge in [-0.3, -0.25) is 4.79 Å². The molecule has 14 heavy (non-hydrogen) atoms. The highest BCUT2D eigenvalue weighted by Gasteiger charge is 2.02. The second-order valence-corrected chi connectivity index (χ2v) is 4.01. The molecule has 76 valence electrons. The SMILES string of the molecule is Cc1cc(Cl)nc(CSCC(=O)O)n1. The van der Waals surface area contributed by atoms with Crippen molar-refractivity contribution in [3.8, 4) is 0 Å². The monoisotopic (exact) mass is 232 g/mol. The maximum atomic E-state index is 10.2. The molecule has 6 heteroatoms. The molecule has 1 aromatic rings. The minimum absolute atomic E-state index is 0.0505. The third-order valence-corrected chi connectivity index (χ3v) is 2.43. The Hall–Kier alpha value is -0.810. The Balaban J connectivity index is 2.54. The van der Waals surface area contributed by atoms with Crippen LogP contribution in [0.1, 0.15) is 11.5 Å². The van der Waals surface area contributed by atoms with Gasteiger partial charge in [-0.1, -0.05) is 11.6 Å². The van der Waals surface area contributed by atoms with Crippen LogP contribution in [0.4, 0.5) is 0 Å². The molecule has 0 saturated heterocycles. The molecule has 0 unspecified atom stereocenters. The molecule has 1 rings (SSSR count). The molecular formula is C8H9ClN2O2S. The standard InChI is InChI=1S/C8H9ClN2O2S/c1-5-2-6(9)11-7(10-5)3-14-4-8(12)13/h2H,3-4H2,1H3,(H,12,13). The zero-order valence-corrected chi connectivity index (χ0v) is 9.10. The fourth-order valence-electron chi connectivity index (χ4n) is 0.883. The van der Waals surface area contributed by atoms with E-state index in [4.69, 9.17) is 16.7 Å². The molecule has 0 saturated carbocycles. The van der Waals surface area contributed by atoms with Crippen molar-refractivity contribution in [2.75, 3.05) is 5.75 Å². The van der Waals surface area contributed by atoms with Crippen LogP contribution in [-0.4, -0.2) is 26.8 Å². The Morgan fingerprint density at radius 2 is 2.36 bits per heavy atom. The van der Waals surface area contributed by atoms with Gasteiger partial charge in [0.2, 0.25) is 0 Å². The number of carbonyl (C=O) groups is 1. The molecule has 1 N–H and O–H groups in total. The van der Waals surface area contributed by atoms with Crippen LogP contribution in [0.2, 0.25) is 5.15 Å². The van der Waals surface area contributed by atoms with E-state index in [1.54, 1.807) is 6.07 Å². The molecule has 0 bridgehead atoms. The van der Waals surface area contributed by atoms with Crippen LogP contribution in [0.15, 0.2) is 6.07 Å². The summed E-state index contributed by atoms with van der Waals surface area (Å²) in [5.41, 5.74) is 0.788. The molecule has 0 fully saturated rings. The van der Waals surface area contributed by atoms with Crippen LogP contribution in [0.25, 0.3) is 0 Å². The molecule has 1 aromatic heterocycles. The molecule has 0 spiro atoms. The second-order valence-electron chi connectivity index (χ2n) is 2.63. The van der Waals surface area contributed by atoms with Gasteiger partial charge in [0.1, 0.15) is 11.0 Å². The maximum absolute atomic E-state index is 10.2. The highest BCUT2D eigenvalue weighted by Crippen LogP contribution is 2.12. The summed E-state index contributed by atoms with van der Waals surface area (Å²) in [6.45, 7) is 1.82. The van der Waals surface area contributed by atoms with Crippen LogP contribution >= 0.6 is 23.4 Å². The normalized spacial score (nSPS) is 10.1. The Morgan fingerprint density at radius 3 is 2.93 bits per heavy atom. The lowest BCUT2D eigenvalue weighted by Crippen LogP contribution is -2.00. The summed E-state index contributed by atoms with van der Waals surface area (Å²) >= 11 is 6.96. The van der Waals surface area contributed by atoms with E-state index in [1.165, 1.54) is 11.8 Å². The van der Waals surface area contributed by atoms with E-state index in [0.29, 0.717) is 16.7 Å². The third-order valence-electron chi connectivity index (χ3n) is 1.33. The summed E-state index contributed by atoms with van der Waals surface area (Å²) < 4.78 is 0. The highest BCUT2D eigenvalue weighted by atomic mass is 35.5. The Morgan fingerprint density at radius 1 is 1.64 bits per heavy atom. The fourth-order valence-corrected chi connectivity index (χ4v) is 1.73. The van der Waals surface area contributed by atoms with Crippen molar-refractivity contribution >= 4 is 29.3 Å². The number of aliphatic carboxylic acids is 1. The molecule has 0 amide bonds. The number of hydrogen-bond donors (Lipinski definition) is 1. The molecule has 0 aliphatic rings. The quantitative estimate of drug-likeness (QED) is 0.802. The van der Waals surface area contributed by atoms with E-state index >= 15 is 0 Å². The van der Waals surface area contributed by atoms with Crippen molar-refractivity contribution in [3.63, 3.8) is 0 Å². The van der Waals surface area contributed by atoms with E-state index in [2.05, 4.69) is 9.97 Å². The zero-order chi connectivity index (χ0) is 10.6. The van der Waals surface area contributed by atoms with Gasteiger partial charge in [-0.15, -0.1) is 11.8 Å². The van der Waals surface area contributed by atoms with Gasteiger partial charge in [0.25, 0.3) is 0 Å². The molecule has 0 aliphatic heterocycles. The maximum Gasteiger partial charge on any atom is 0.313 e. The van der Waals surface area contributed by atoms with Crippen molar-refractivity contribution in [2.45, 2.75) is 12.7 Å². The van der Waals surface area contributed by atoms with Gasteiger partial charge in [-0.25, -0.2) is 9.97 Å². The highest BCUT2D eigenvalue weighted by molar-refractivity contribution is 7.99. The third kappa shape index (κ3) is 3.93. The smallest absolute Gasteiger partial charge is 0.313 e. The number of carboxylic acids is 1. The topological polar surface area (TPSA) is 63.1 Å². The first-order valence-electron chi connectivity index (χ1n) is 3.87. The second kappa shape index (κ2) is 5.17. The summed E-state index contributed by atoms with van der Waals surface area (Å²) in [7, 11) is 0. The molecule has 0 aromatic carbocycles. The first-order chi connectivity index (χ1) is 6.58. The van der Waals surface area contributed by atoms with Gasteiger partial charge in [0.05, 0.1) is 11.5 Å². The van der Waals surface area contributed by atoms with Crippen LogP contribution in [0.3, 0.4) is 0 Å². The number of rotatable bonds is 4. The number of nitrogens with zero attached hydrogens (tertiary/aromatic N) is 2. The predicted octanol–water partition coefficient (Wildman–Crippen LogP) is 1.76. The number of halogens is 1. The van der Waals surface area contributed by atoms with Crippen LogP contribution in [0, 0.1) is 6.92 Å². The van der Waals surface area contributed by atoms with E-state index in [1.807, 2.05) is 6.92 Å². The van der Waals surface area contributed by atoms with Crippen LogP contribution in [-0.2, 0) is 10.5 Å². The van der Waals surface area contributed by atoms with Gasteiger partial charge in [-0.2, -0.15) is 0 Å². The molecule has 0 atom stereocenters. The van der Waals surface area contributed by atoms with E-state index < -0.39 is 5.97 Å². The molecule has 4 nitrogen and oxygen atoms in total. The van der Waals surface area contributed by atoms with E-state index in [-0.39, 0.29) is 5.75 Å². The van der Waals surface area contributed by atoms with Gasteiger partial charge < -0.3 is 5.11 Å². The predicted molar refractivity (Wildman–Crippen MR) is 55.6 cm³/mol. The number of hydrogen-bond acceptors (Lipinski definition) is 4. The van der Waals surface area contributed by atoms with Crippen molar-refractivity contribution < 1.29 is 9.90 Å². The first kappa shape index (κ1) is 11.3. The lowest BCUT2D eigenvalue weighted by Gasteiger charge is -2.00. The summed E-state index contributed by atoms with van der Waals surface area (Å²) in [6, 6.07) is 1.66. The van der Waals surface area contributed by atoms with Crippen LogP contribution in [0.5, 0.6) is 0 Å². The molecular weight excluding hydrogens is 224 g/mol. The summed E-state index contributed by atoms with van der Waals surface area (Å²) in [5, 5.41) is 8.81. The van der Waals surface area contributed by atoms with Crippen molar-refractivity contribution in [2.24, 2.45) is 0 Å². The molecule has 0 aliphatic carbocycles. The zero-order valence-electron chi connectivity index (χ0n) is 7.53. The summed E-state index contributed by atoms with van der Waals surface area (Å²) in [4.78, 5) is 18.3. The minimum atomic E-state index is -0.839. The lowest BCUT2D eigenvalue weighted by molar-refractivity contribution is -0.133. The number of aryl methyl sites for hydroxylation is 1. The van der Waals surface area contributed by atoms with E-state index in [0.717, 1.165) is 5.69 Å². The number of aromatic nitrogens is 2. The van der Waals surface area contributed by atoms with Gasteiger partial charge >= 0.3 is 5.97 Å². The average Bonchev–Trinajstić information content (AvgIpc) is 2.01. The van der Waals surface area contributed by atoms with Gasteiger partial charge in [0.15, 0.2) is 0 Å². The van der Waals surface area contributed by atoms with Gasteiger partial charge in [0, 0.05) is 5.69 Å². The Labute approximate surface area is 90.7 Å². The Bertz CT molecular complexity index is 326. The van der Waals surface area contributed by atoms with E-state index in [9.17, 15) is 4.79 Å². The molecule has 0 radical (unpaired) electrons. The minimum Gasteiger partial charge on any atom is -0.481 e. The molecule has 1 heterocycles. The fraction of sp³-hybridized carbons (Fsp3) is 0.375.